The Labute approximate surface area is 130 Å². The zero-order valence-corrected chi connectivity index (χ0v) is 12.5. The number of nitro benzene ring substituents is 1. The topological polar surface area (TPSA) is 72.2 Å². The van der Waals surface area contributed by atoms with Crippen molar-refractivity contribution >= 4 is 29.0 Å². The zero-order chi connectivity index (χ0) is 16.1. The highest BCUT2D eigenvalue weighted by molar-refractivity contribution is 8.00. The molecule has 1 unspecified atom stereocenters. The third-order valence-electron chi connectivity index (χ3n) is 2.82. The number of thioether (sulfide) groups is 1. The van der Waals surface area contributed by atoms with Crippen molar-refractivity contribution in [3.63, 3.8) is 0 Å². The lowest BCUT2D eigenvalue weighted by molar-refractivity contribution is -0.384. The van der Waals surface area contributed by atoms with Gasteiger partial charge in [0.1, 0.15) is 5.82 Å². The number of nitro groups is 1. The van der Waals surface area contributed by atoms with E-state index in [4.69, 9.17) is 0 Å². The number of carbonyl (C=O) groups excluding carboxylic acids is 1. The summed E-state index contributed by atoms with van der Waals surface area (Å²) in [6.45, 7) is 1.71. The minimum atomic E-state index is -0.478. The van der Waals surface area contributed by atoms with Crippen LogP contribution in [0.2, 0.25) is 0 Å². The molecule has 0 aliphatic rings. The van der Waals surface area contributed by atoms with Crippen molar-refractivity contribution in [2.45, 2.75) is 17.1 Å². The lowest BCUT2D eigenvalue weighted by Gasteiger charge is -2.12. The number of hydrogen-bond acceptors (Lipinski definition) is 4. The van der Waals surface area contributed by atoms with Crippen LogP contribution in [0.5, 0.6) is 0 Å². The van der Waals surface area contributed by atoms with Gasteiger partial charge in [-0.2, -0.15) is 0 Å². The van der Waals surface area contributed by atoms with Gasteiger partial charge in [0.05, 0.1) is 10.2 Å². The molecule has 5 nitrogen and oxygen atoms in total. The molecule has 7 heteroatoms. The number of halogens is 1. The van der Waals surface area contributed by atoms with Crippen LogP contribution in [0.1, 0.15) is 6.92 Å². The van der Waals surface area contributed by atoms with Gasteiger partial charge < -0.3 is 5.32 Å². The summed E-state index contributed by atoms with van der Waals surface area (Å²) >= 11 is 1.27. The zero-order valence-electron chi connectivity index (χ0n) is 11.7. The molecule has 1 atom stereocenters. The van der Waals surface area contributed by atoms with Gasteiger partial charge in [-0.3, -0.25) is 14.9 Å². The van der Waals surface area contributed by atoms with Crippen LogP contribution >= 0.6 is 11.8 Å². The molecule has 2 aromatic rings. The number of rotatable bonds is 5. The van der Waals surface area contributed by atoms with E-state index in [9.17, 15) is 19.3 Å². The minimum Gasteiger partial charge on any atom is -0.325 e. The van der Waals surface area contributed by atoms with Crippen LogP contribution in [0.15, 0.2) is 53.4 Å². The van der Waals surface area contributed by atoms with E-state index in [1.54, 1.807) is 25.1 Å². The maximum atomic E-state index is 13.1. The number of nitrogens with zero attached hydrogens (tertiary/aromatic N) is 1. The molecule has 1 N–H and O–H groups in total. The first-order chi connectivity index (χ1) is 10.5. The fourth-order valence-electron chi connectivity index (χ4n) is 1.71. The summed E-state index contributed by atoms with van der Waals surface area (Å²) in [4.78, 5) is 22.9. The van der Waals surface area contributed by atoms with Crippen molar-refractivity contribution in [2.24, 2.45) is 0 Å². The average molecular weight is 320 g/mol. The van der Waals surface area contributed by atoms with Gasteiger partial charge in [0, 0.05) is 22.7 Å². The molecule has 0 aliphatic carbocycles. The fourth-order valence-corrected chi connectivity index (χ4v) is 2.58. The third kappa shape index (κ3) is 4.29. The number of benzene rings is 2. The SMILES string of the molecule is CC(Sc1ccc([N+](=O)[O-])cc1)C(=O)Nc1cccc(F)c1. The van der Waals surface area contributed by atoms with E-state index in [0.717, 1.165) is 4.90 Å². The molecule has 0 aromatic heterocycles. The predicted octanol–water partition coefficient (Wildman–Crippen LogP) is 3.85. The summed E-state index contributed by atoms with van der Waals surface area (Å²) in [5.74, 6) is -0.692. The van der Waals surface area contributed by atoms with Crippen LogP contribution in [-0.2, 0) is 4.79 Å². The van der Waals surface area contributed by atoms with E-state index in [1.165, 1.54) is 42.1 Å². The van der Waals surface area contributed by atoms with E-state index in [2.05, 4.69) is 5.32 Å². The van der Waals surface area contributed by atoms with Crippen LogP contribution in [0.25, 0.3) is 0 Å². The first-order valence-electron chi connectivity index (χ1n) is 6.43. The summed E-state index contributed by atoms with van der Waals surface area (Å²) in [5.41, 5.74) is 0.391. The van der Waals surface area contributed by atoms with Gasteiger partial charge in [-0.15, -0.1) is 11.8 Å². The number of non-ortho nitro benzene ring substituents is 1. The second-order valence-corrected chi connectivity index (χ2v) is 5.92. The number of carbonyl (C=O) groups is 1. The van der Waals surface area contributed by atoms with Crippen LogP contribution in [-0.4, -0.2) is 16.1 Å². The molecular weight excluding hydrogens is 307 g/mol. The van der Waals surface area contributed by atoms with Crippen molar-refractivity contribution in [1.82, 2.24) is 0 Å². The van der Waals surface area contributed by atoms with Gasteiger partial charge in [0.25, 0.3) is 5.69 Å². The first kappa shape index (κ1) is 16.0. The van der Waals surface area contributed by atoms with E-state index in [1.807, 2.05) is 0 Å². The van der Waals surface area contributed by atoms with Gasteiger partial charge in [0.15, 0.2) is 0 Å². The molecule has 0 bridgehead atoms. The molecule has 0 aliphatic heterocycles. The maximum absolute atomic E-state index is 13.1. The normalized spacial score (nSPS) is 11.7. The van der Waals surface area contributed by atoms with E-state index >= 15 is 0 Å². The third-order valence-corrected chi connectivity index (χ3v) is 3.93. The van der Waals surface area contributed by atoms with Gasteiger partial charge in [-0.1, -0.05) is 6.07 Å². The Bertz CT molecular complexity index is 691. The van der Waals surface area contributed by atoms with E-state index in [0.29, 0.717) is 5.69 Å². The highest BCUT2D eigenvalue weighted by atomic mass is 32.2. The van der Waals surface area contributed by atoms with Crippen molar-refractivity contribution in [2.75, 3.05) is 5.32 Å². The summed E-state index contributed by atoms with van der Waals surface area (Å²) in [7, 11) is 0. The number of amides is 1. The smallest absolute Gasteiger partial charge is 0.269 e. The van der Waals surface area contributed by atoms with Crippen molar-refractivity contribution in [3.05, 3.63) is 64.5 Å². The van der Waals surface area contributed by atoms with E-state index < -0.39 is 16.0 Å². The standard InChI is InChI=1S/C15H13FN2O3S/c1-10(15(19)17-12-4-2-3-11(16)9-12)22-14-7-5-13(6-8-14)18(20)21/h2-10H,1H3,(H,17,19). The molecule has 1 amide bonds. The molecule has 0 saturated carbocycles. The largest absolute Gasteiger partial charge is 0.325 e. The number of nitrogens with one attached hydrogen (secondary N) is 1. The van der Waals surface area contributed by atoms with Crippen molar-refractivity contribution in [3.8, 4) is 0 Å². The Morgan fingerprint density at radius 3 is 2.55 bits per heavy atom. The van der Waals surface area contributed by atoms with Gasteiger partial charge in [-0.05, 0) is 37.3 Å². The summed E-state index contributed by atoms with van der Waals surface area (Å²) in [5, 5.41) is 12.8. The quantitative estimate of drug-likeness (QED) is 0.516. The molecule has 0 heterocycles. The van der Waals surface area contributed by atoms with Crippen LogP contribution in [0.4, 0.5) is 15.8 Å². The molecule has 114 valence electrons. The Kier molecular flexibility index (Phi) is 5.11. The number of hydrogen-bond donors (Lipinski definition) is 1. The molecule has 0 saturated heterocycles. The van der Waals surface area contributed by atoms with Gasteiger partial charge in [-0.25, -0.2) is 4.39 Å². The lowest BCUT2D eigenvalue weighted by atomic mass is 10.3. The average Bonchev–Trinajstić information content (AvgIpc) is 2.47. The Balaban J connectivity index is 1.97. The molecule has 2 aromatic carbocycles. The maximum Gasteiger partial charge on any atom is 0.269 e. The predicted molar refractivity (Wildman–Crippen MR) is 83.4 cm³/mol. The van der Waals surface area contributed by atoms with Crippen molar-refractivity contribution in [1.29, 1.82) is 0 Å². The molecule has 0 spiro atoms. The first-order valence-corrected chi connectivity index (χ1v) is 7.31. The van der Waals surface area contributed by atoms with E-state index in [-0.39, 0.29) is 11.6 Å². The second-order valence-electron chi connectivity index (χ2n) is 4.51. The molecular formula is C15H13FN2O3S. The van der Waals surface area contributed by atoms with Crippen molar-refractivity contribution < 1.29 is 14.1 Å². The van der Waals surface area contributed by atoms with Crippen LogP contribution < -0.4 is 5.32 Å². The summed E-state index contributed by atoms with van der Waals surface area (Å²) in [6, 6.07) is 11.6. The molecule has 0 fully saturated rings. The molecule has 2 rings (SSSR count). The van der Waals surface area contributed by atoms with Gasteiger partial charge >= 0.3 is 0 Å². The molecule has 0 radical (unpaired) electrons. The van der Waals surface area contributed by atoms with Crippen LogP contribution in [0.3, 0.4) is 0 Å². The highest BCUT2D eigenvalue weighted by Gasteiger charge is 2.15. The van der Waals surface area contributed by atoms with Crippen LogP contribution in [0, 0.1) is 15.9 Å². The monoisotopic (exact) mass is 320 g/mol. The Morgan fingerprint density at radius 1 is 1.27 bits per heavy atom. The fraction of sp³-hybridized carbons (Fsp3) is 0.133. The Hall–Kier alpha value is -2.41. The molecule has 22 heavy (non-hydrogen) atoms. The highest BCUT2D eigenvalue weighted by Crippen LogP contribution is 2.26. The second kappa shape index (κ2) is 7.04. The number of anilines is 1. The Morgan fingerprint density at radius 2 is 1.95 bits per heavy atom. The minimum absolute atomic E-state index is 0.00113. The summed E-state index contributed by atoms with van der Waals surface area (Å²) < 4.78 is 13.1. The van der Waals surface area contributed by atoms with Gasteiger partial charge in [0.2, 0.25) is 5.91 Å². The summed E-state index contributed by atoms with van der Waals surface area (Å²) in [6.07, 6.45) is 0. The lowest BCUT2D eigenvalue weighted by Crippen LogP contribution is -2.22.